The average Bonchev–Trinajstić information content (AvgIpc) is 2.46. The summed E-state index contributed by atoms with van der Waals surface area (Å²) in [4.78, 5) is 22.4. The summed E-state index contributed by atoms with van der Waals surface area (Å²) in [5, 5.41) is 2.68. The lowest BCUT2D eigenvalue weighted by molar-refractivity contribution is -0.139. The molecule has 0 aromatic rings. The van der Waals surface area contributed by atoms with Gasteiger partial charge in [-0.1, -0.05) is 52.0 Å². The van der Waals surface area contributed by atoms with Crippen LogP contribution in [-0.4, -0.2) is 31.8 Å². The van der Waals surface area contributed by atoms with Gasteiger partial charge in [0.05, 0.1) is 0 Å². The molecule has 0 spiro atoms. The molecule has 0 saturated carbocycles. The summed E-state index contributed by atoms with van der Waals surface area (Å²) in [5.74, 6) is -0.470. The van der Waals surface area contributed by atoms with Gasteiger partial charge in [-0.25, -0.2) is 9.59 Å². The van der Waals surface area contributed by atoms with Crippen molar-refractivity contribution in [1.82, 2.24) is 5.32 Å². The fourth-order valence-corrected chi connectivity index (χ4v) is 1.72. The summed E-state index contributed by atoms with van der Waals surface area (Å²) in [6.45, 7) is 7.96. The predicted octanol–water partition coefficient (Wildman–Crippen LogP) is 3.58. The first kappa shape index (κ1) is 19.5. The average molecular weight is 299 g/mol. The SMILES string of the molecule is C=C(C)C(=O)OCCOC(=O)NCCCCCCCCC. The van der Waals surface area contributed by atoms with Gasteiger partial charge in [-0.05, 0) is 13.3 Å². The summed E-state index contributed by atoms with van der Waals surface area (Å²) in [6, 6.07) is 0. The van der Waals surface area contributed by atoms with Crippen LogP contribution in [0.1, 0.15) is 58.8 Å². The number of nitrogens with one attached hydrogen (secondary N) is 1. The summed E-state index contributed by atoms with van der Waals surface area (Å²) in [5.41, 5.74) is 0.332. The van der Waals surface area contributed by atoms with Crippen molar-refractivity contribution in [3.05, 3.63) is 12.2 Å². The molecule has 122 valence electrons. The minimum atomic E-state index is -0.470. The minimum Gasteiger partial charge on any atom is -0.459 e. The first-order valence-electron chi connectivity index (χ1n) is 7.81. The van der Waals surface area contributed by atoms with Crippen LogP contribution < -0.4 is 5.32 Å². The van der Waals surface area contributed by atoms with Crippen LogP contribution in [0.2, 0.25) is 0 Å². The smallest absolute Gasteiger partial charge is 0.407 e. The molecule has 0 aliphatic heterocycles. The van der Waals surface area contributed by atoms with Gasteiger partial charge >= 0.3 is 12.1 Å². The maximum Gasteiger partial charge on any atom is 0.407 e. The van der Waals surface area contributed by atoms with Crippen molar-refractivity contribution in [2.45, 2.75) is 58.8 Å². The largest absolute Gasteiger partial charge is 0.459 e. The maximum absolute atomic E-state index is 11.3. The van der Waals surface area contributed by atoms with Gasteiger partial charge in [0.25, 0.3) is 0 Å². The van der Waals surface area contributed by atoms with Crippen molar-refractivity contribution in [1.29, 1.82) is 0 Å². The number of alkyl carbamates (subject to hydrolysis) is 1. The molecule has 0 rings (SSSR count). The third-order valence-electron chi connectivity index (χ3n) is 2.95. The van der Waals surface area contributed by atoms with E-state index < -0.39 is 12.1 Å². The highest BCUT2D eigenvalue weighted by Gasteiger charge is 2.04. The number of ether oxygens (including phenoxy) is 2. The summed E-state index contributed by atoms with van der Waals surface area (Å²) in [6.07, 6.45) is 7.98. The van der Waals surface area contributed by atoms with Gasteiger partial charge in [0.15, 0.2) is 0 Å². The Morgan fingerprint density at radius 2 is 1.52 bits per heavy atom. The van der Waals surface area contributed by atoms with Crippen LogP contribution in [0.3, 0.4) is 0 Å². The molecule has 1 amide bonds. The lowest BCUT2D eigenvalue weighted by Gasteiger charge is -2.07. The van der Waals surface area contributed by atoms with Crippen LogP contribution in [0.4, 0.5) is 4.79 Å². The molecule has 0 fully saturated rings. The number of unbranched alkanes of at least 4 members (excludes halogenated alkanes) is 6. The Morgan fingerprint density at radius 1 is 0.952 bits per heavy atom. The Hall–Kier alpha value is -1.52. The van der Waals surface area contributed by atoms with E-state index in [2.05, 4.69) is 18.8 Å². The fourth-order valence-electron chi connectivity index (χ4n) is 1.72. The first-order chi connectivity index (χ1) is 10.1. The van der Waals surface area contributed by atoms with Crippen LogP contribution >= 0.6 is 0 Å². The van der Waals surface area contributed by atoms with Crippen LogP contribution in [0.5, 0.6) is 0 Å². The van der Waals surface area contributed by atoms with Gasteiger partial charge in [0.1, 0.15) is 13.2 Å². The topological polar surface area (TPSA) is 64.6 Å². The number of amides is 1. The molecule has 0 aromatic carbocycles. The number of rotatable bonds is 12. The number of hydrogen-bond donors (Lipinski definition) is 1. The van der Waals surface area contributed by atoms with Gasteiger partial charge in [-0.15, -0.1) is 0 Å². The van der Waals surface area contributed by atoms with Crippen molar-refractivity contribution >= 4 is 12.1 Å². The molecule has 0 saturated heterocycles. The van der Waals surface area contributed by atoms with E-state index in [0.29, 0.717) is 12.1 Å². The third-order valence-corrected chi connectivity index (χ3v) is 2.95. The van der Waals surface area contributed by atoms with Crippen molar-refractivity contribution in [3.63, 3.8) is 0 Å². The van der Waals surface area contributed by atoms with Gasteiger partial charge in [0, 0.05) is 12.1 Å². The zero-order valence-corrected chi connectivity index (χ0v) is 13.4. The highest BCUT2D eigenvalue weighted by atomic mass is 16.6. The predicted molar refractivity (Wildman–Crippen MR) is 83.1 cm³/mol. The van der Waals surface area contributed by atoms with Gasteiger partial charge < -0.3 is 14.8 Å². The second kappa shape index (κ2) is 13.5. The Bertz CT molecular complexity index is 315. The molecule has 0 bridgehead atoms. The fraction of sp³-hybridized carbons (Fsp3) is 0.750. The number of carbonyl (C=O) groups is 2. The van der Waals surface area contributed by atoms with E-state index in [1.165, 1.54) is 32.1 Å². The highest BCUT2D eigenvalue weighted by molar-refractivity contribution is 5.86. The molecule has 0 radical (unpaired) electrons. The van der Waals surface area contributed by atoms with E-state index in [1.54, 1.807) is 6.92 Å². The molecule has 0 aliphatic rings. The van der Waals surface area contributed by atoms with E-state index in [9.17, 15) is 9.59 Å². The molecule has 0 aromatic heterocycles. The highest BCUT2D eigenvalue weighted by Crippen LogP contribution is 2.06. The van der Waals surface area contributed by atoms with Crippen molar-refractivity contribution in [3.8, 4) is 0 Å². The Kier molecular flexibility index (Phi) is 12.5. The monoisotopic (exact) mass is 299 g/mol. The molecule has 0 atom stereocenters. The molecular formula is C16H29NO4. The summed E-state index contributed by atoms with van der Waals surface area (Å²) >= 11 is 0. The zero-order chi connectivity index (χ0) is 15.9. The minimum absolute atomic E-state index is 0.0521. The van der Waals surface area contributed by atoms with Crippen LogP contribution in [-0.2, 0) is 14.3 Å². The quantitative estimate of drug-likeness (QED) is 0.340. The molecular weight excluding hydrogens is 270 g/mol. The Balaban J connectivity index is 3.31. The van der Waals surface area contributed by atoms with Crippen molar-refractivity contribution < 1.29 is 19.1 Å². The second-order valence-corrected chi connectivity index (χ2v) is 5.10. The summed E-state index contributed by atoms with van der Waals surface area (Å²) < 4.78 is 9.68. The number of carbonyl (C=O) groups excluding carboxylic acids is 2. The number of hydrogen-bond acceptors (Lipinski definition) is 4. The van der Waals surface area contributed by atoms with E-state index in [0.717, 1.165) is 12.8 Å². The molecule has 5 heteroatoms. The van der Waals surface area contributed by atoms with E-state index in [-0.39, 0.29) is 13.2 Å². The molecule has 0 aliphatic carbocycles. The standard InChI is InChI=1S/C16H29NO4/c1-4-5-6-7-8-9-10-11-17-16(19)21-13-12-20-15(18)14(2)3/h2,4-13H2,1,3H3,(H,17,19). The third kappa shape index (κ3) is 13.2. The van der Waals surface area contributed by atoms with Crippen LogP contribution in [0.15, 0.2) is 12.2 Å². The Morgan fingerprint density at radius 3 is 2.14 bits per heavy atom. The van der Waals surface area contributed by atoms with Crippen molar-refractivity contribution in [2.75, 3.05) is 19.8 Å². The second-order valence-electron chi connectivity index (χ2n) is 5.10. The van der Waals surface area contributed by atoms with Gasteiger partial charge in [-0.3, -0.25) is 0 Å². The zero-order valence-electron chi connectivity index (χ0n) is 13.4. The van der Waals surface area contributed by atoms with Gasteiger partial charge in [0.2, 0.25) is 0 Å². The van der Waals surface area contributed by atoms with Crippen LogP contribution in [0, 0.1) is 0 Å². The first-order valence-corrected chi connectivity index (χ1v) is 7.81. The van der Waals surface area contributed by atoms with E-state index in [4.69, 9.17) is 9.47 Å². The lowest BCUT2D eigenvalue weighted by Crippen LogP contribution is -2.26. The summed E-state index contributed by atoms with van der Waals surface area (Å²) in [7, 11) is 0. The number of esters is 1. The molecule has 1 N–H and O–H groups in total. The molecule has 21 heavy (non-hydrogen) atoms. The van der Waals surface area contributed by atoms with E-state index in [1.807, 2.05) is 0 Å². The molecule has 0 unspecified atom stereocenters. The lowest BCUT2D eigenvalue weighted by atomic mass is 10.1. The maximum atomic E-state index is 11.3. The normalized spacial score (nSPS) is 10.0. The molecule has 5 nitrogen and oxygen atoms in total. The van der Waals surface area contributed by atoms with Crippen LogP contribution in [0.25, 0.3) is 0 Å². The van der Waals surface area contributed by atoms with Crippen molar-refractivity contribution in [2.24, 2.45) is 0 Å². The molecule has 0 heterocycles. The van der Waals surface area contributed by atoms with E-state index >= 15 is 0 Å². The Labute approximate surface area is 128 Å². The van der Waals surface area contributed by atoms with Gasteiger partial charge in [-0.2, -0.15) is 0 Å².